The van der Waals surface area contributed by atoms with Crippen LogP contribution >= 0.6 is 0 Å². The number of rotatable bonds is 1. The number of aliphatic hydroxyl groups is 2. The number of allylic oxidation sites excluding steroid dienone is 1. The van der Waals surface area contributed by atoms with Crippen LogP contribution in [0.2, 0.25) is 0 Å². The van der Waals surface area contributed by atoms with Gasteiger partial charge in [0.15, 0.2) is 5.60 Å². The van der Waals surface area contributed by atoms with Crippen molar-refractivity contribution in [3.8, 4) is 6.07 Å². The molecule has 3 fully saturated rings. The van der Waals surface area contributed by atoms with Gasteiger partial charge in [0.05, 0.1) is 6.10 Å². The zero-order chi connectivity index (χ0) is 19.6. The Morgan fingerprint density at radius 1 is 1.30 bits per heavy atom. The van der Waals surface area contributed by atoms with Gasteiger partial charge < -0.3 is 14.9 Å². The highest BCUT2D eigenvalue weighted by atomic mass is 16.5. The van der Waals surface area contributed by atoms with Gasteiger partial charge in [-0.15, -0.1) is 0 Å². The minimum Gasteiger partial charge on any atom is -0.462 e. The third-order valence-electron chi connectivity index (χ3n) is 8.78. The van der Waals surface area contributed by atoms with Gasteiger partial charge >= 0.3 is 5.97 Å². The highest BCUT2D eigenvalue weighted by molar-refractivity contribution is 5.66. The molecule has 0 saturated heterocycles. The number of carbonyl (C=O) groups is 1. The zero-order valence-electron chi connectivity index (χ0n) is 16.6. The lowest BCUT2D eigenvalue weighted by atomic mass is 9.47. The summed E-state index contributed by atoms with van der Waals surface area (Å²) < 4.78 is 5.48. The second kappa shape index (κ2) is 6.06. The van der Waals surface area contributed by atoms with E-state index in [1.54, 1.807) is 0 Å². The Balaban J connectivity index is 1.63. The first-order chi connectivity index (χ1) is 12.7. The lowest BCUT2D eigenvalue weighted by Crippen LogP contribution is -2.56. The summed E-state index contributed by atoms with van der Waals surface area (Å²) in [6, 6.07) is 2.06. The number of esters is 1. The summed E-state index contributed by atoms with van der Waals surface area (Å²) >= 11 is 0. The number of hydrogen-bond donors (Lipinski definition) is 2. The van der Waals surface area contributed by atoms with E-state index in [2.05, 4.69) is 19.1 Å². The average molecular weight is 373 g/mol. The SMILES string of the molecule is CC(=O)O[C@@H]1CC[C@@]2(C)C(=CC[C@H]3[C@@H]2CC[C@@]2(C)[C@H]3C[C@@H](O)[C@]2(O)C#N)C1. The number of nitriles is 1. The van der Waals surface area contributed by atoms with Crippen molar-refractivity contribution in [3.63, 3.8) is 0 Å². The second-order valence-corrected chi connectivity index (χ2v) is 9.82. The molecule has 0 bridgehead atoms. The summed E-state index contributed by atoms with van der Waals surface area (Å²) in [4.78, 5) is 11.3. The van der Waals surface area contributed by atoms with Crippen molar-refractivity contribution in [2.75, 3.05) is 0 Å². The molecule has 148 valence electrons. The largest absolute Gasteiger partial charge is 0.462 e. The lowest BCUT2D eigenvalue weighted by Gasteiger charge is -2.58. The lowest BCUT2D eigenvalue weighted by molar-refractivity contribution is -0.149. The van der Waals surface area contributed by atoms with Crippen LogP contribution in [0.15, 0.2) is 11.6 Å². The number of nitrogens with zero attached hydrogens (tertiary/aromatic N) is 1. The predicted octanol–water partition coefficient (Wildman–Crippen LogP) is 3.11. The summed E-state index contributed by atoms with van der Waals surface area (Å²) in [5.74, 6) is 0.848. The molecule has 0 amide bonds. The summed E-state index contributed by atoms with van der Waals surface area (Å²) in [6.45, 7) is 5.83. The molecule has 5 nitrogen and oxygen atoms in total. The Morgan fingerprint density at radius 2 is 2.04 bits per heavy atom. The zero-order valence-corrected chi connectivity index (χ0v) is 16.6. The molecule has 0 heterocycles. The van der Waals surface area contributed by atoms with Crippen LogP contribution in [0.5, 0.6) is 0 Å². The molecule has 2 N–H and O–H groups in total. The van der Waals surface area contributed by atoms with Crippen molar-refractivity contribution in [2.24, 2.45) is 28.6 Å². The Morgan fingerprint density at radius 3 is 2.70 bits per heavy atom. The third kappa shape index (κ3) is 2.46. The molecule has 5 heteroatoms. The standard InChI is InChI=1S/C22H31NO4/c1-13(24)27-15-6-8-20(2)14(10-15)4-5-16-17(20)7-9-21(3)18(16)11-19(25)22(21,26)12-23/h4,15-19,25-26H,5-11H2,1-3H3/t15-,16+,17+,18+,19-,20+,21+,22-/m1/s1. The van der Waals surface area contributed by atoms with E-state index in [-0.39, 0.29) is 23.4 Å². The molecule has 0 unspecified atom stereocenters. The van der Waals surface area contributed by atoms with Gasteiger partial charge in [0.25, 0.3) is 0 Å². The van der Waals surface area contributed by atoms with E-state index in [0.29, 0.717) is 18.3 Å². The molecule has 0 aromatic carbocycles. The van der Waals surface area contributed by atoms with E-state index in [1.165, 1.54) is 12.5 Å². The van der Waals surface area contributed by atoms with Gasteiger partial charge in [-0.1, -0.05) is 25.5 Å². The number of aliphatic hydroxyl groups excluding tert-OH is 1. The minimum absolute atomic E-state index is 0.00999. The number of carbonyl (C=O) groups excluding carboxylic acids is 1. The van der Waals surface area contributed by atoms with Crippen molar-refractivity contribution in [1.82, 2.24) is 0 Å². The van der Waals surface area contributed by atoms with Gasteiger partial charge in [-0.05, 0) is 61.7 Å². The smallest absolute Gasteiger partial charge is 0.302 e. The molecule has 27 heavy (non-hydrogen) atoms. The molecule has 3 saturated carbocycles. The summed E-state index contributed by atoms with van der Waals surface area (Å²) in [6.07, 6.45) is 7.27. The second-order valence-electron chi connectivity index (χ2n) is 9.82. The topological polar surface area (TPSA) is 90.6 Å². The Bertz CT molecular complexity index is 726. The van der Waals surface area contributed by atoms with Gasteiger partial charge in [0.1, 0.15) is 12.2 Å². The number of hydrogen-bond acceptors (Lipinski definition) is 5. The van der Waals surface area contributed by atoms with Crippen LogP contribution in [0, 0.1) is 39.9 Å². The molecule has 0 radical (unpaired) electrons. The van der Waals surface area contributed by atoms with Gasteiger partial charge in [0.2, 0.25) is 0 Å². The molecule has 0 aromatic rings. The molecular formula is C22H31NO4. The van der Waals surface area contributed by atoms with E-state index >= 15 is 0 Å². The maximum absolute atomic E-state index is 11.3. The molecular weight excluding hydrogens is 342 g/mol. The first-order valence-corrected chi connectivity index (χ1v) is 10.3. The van der Waals surface area contributed by atoms with E-state index in [4.69, 9.17) is 4.74 Å². The molecule has 4 aliphatic carbocycles. The molecule has 4 aliphatic rings. The molecule has 4 rings (SSSR count). The molecule has 0 spiro atoms. The summed E-state index contributed by atoms with van der Waals surface area (Å²) in [7, 11) is 0. The first-order valence-electron chi connectivity index (χ1n) is 10.3. The van der Waals surface area contributed by atoms with Crippen LogP contribution in [-0.2, 0) is 9.53 Å². The van der Waals surface area contributed by atoms with Crippen LogP contribution in [0.25, 0.3) is 0 Å². The van der Waals surface area contributed by atoms with Gasteiger partial charge in [0, 0.05) is 18.8 Å². The minimum atomic E-state index is -1.64. The molecule has 0 aliphatic heterocycles. The fourth-order valence-corrected chi connectivity index (χ4v) is 7.18. The average Bonchev–Trinajstić information content (AvgIpc) is 2.82. The Kier molecular flexibility index (Phi) is 4.25. The number of fused-ring (bicyclic) bond motifs is 5. The van der Waals surface area contributed by atoms with E-state index in [0.717, 1.165) is 38.5 Å². The van der Waals surface area contributed by atoms with Gasteiger partial charge in [-0.25, -0.2) is 0 Å². The fraction of sp³-hybridized carbons (Fsp3) is 0.818. The van der Waals surface area contributed by atoms with Crippen molar-refractivity contribution >= 4 is 5.97 Å². The van der Waals surface area contributed by atoms with Crippen molar-refractivity contribution in [3.05, 3.63) is 11.6 Å². The quantitative estimate of drug-likeness (QED) is 0.419. The highest BCUT2D eigenvalue weighted by Crippen LogP contribution is 2.67. The highest BCUT2D eigenvalue weighted by Gasteiger charge is 2.67. The maximum atomic E-state index is 11.3. The van der Waals surface area contributed by atoms with Crippen LogP contribution in [0.3, 0.4) is 0 Å². The van der Waals surface area contributed by atoms with Crippen LogP contribution in [-0.4, -0.2) is 34.0 Å². The number of ether oxygens (including phenoxy) is 1. The van der Waals surface area contributed by atoms with Crippen LogP contribution in [0.4, 0.5) is 0 Å². The molecule has 8 atom stereocenters. The summed E-state index contributed by atoms with van der Waals surface area (Å²) in [5, 5.41) is 31.1. The van der Waals surface area contributed by atoms with Crippen molar-refractivity contribution < 1.29 is 19.7 Å². The van der Waals surface area contributed by atoms with Crippen LogP contribution < -0.4 is 0 Å². The third-order valence-corrected chi connectivity index (χ3v) is 8.78. The molecule has 0 aromatic heterocycles. The van der Waals surface area contributed by atoms with E-state index in [9.17, 15) is 20.3 Å². The van der Waals surface area contributed by atoms with Gasteiger partial charge in [-0.3, -0.25) is 4.79 Å². The van der Waals surface area contributed by atoms with Crippen molar-refractivity contribution in [2.45, 2.75) is 83.5 Å². The first kappa shape index (κ1) is 19.0. The summed E-state index contributed by atoms with van der Waals surface area (Å²) in [5.41, 5.74) is -0.669. The van der Waals surface area contributed by atoms with Gasteiger partial charge in [-0.2, -0.15) is 5.26 Å². The van der Waals surface area contributed by atoms with Crippen LogP contribution in [0.1, 0.15) is 65.7 Å². The Labute approximate surface area is 161 Å². The van der Waals surface area contributed by atoms with E-state index < -0.39 is 17.1 Å². The normalized spacial score (nSPS) is 51.3. The predicted molar refractivity (Wildman–Crippen MR) is 99.2 cm³/mol. The monoisotopic (exact) mass is 373 g/mol. The Hall–Kier alpha value is -1.38. The van der Waals surface area contributed by atoms with E-state index in [1.807, 2.05) is 6.92 Å². The maximum Gasteiger partial charge on any atom is 0.302 e. The fourth-order valence-electron chi connectivity index (χ4n) is 7.18. The van der Waals surface area contributed by atoms with Crippen molar-refractivity contribution in [1.29, 1.82) is 5.26 Å².